The van der Waals surface area contributed by atoms with E-state index < -0.39 is 0 Å². The number of halogens is 1. The van der Waals surface area contributed by atoms with Crippen molar-refractivity contribution in [1.82, 2.24) is 0 Å². The summed E-state index contributed by atoms with van der Waals surface area (Å²) < 4.78 is 0.888. The summed E-state index contributed by atoms with van der Waals surface area (Å²) in [5, 5.41) is 0. The van der Waals surface area contributed by atoms with Crippen molar-refractivity contribution in [3.8, 4) is 0 Å². The molecule has 3 nitrogen and oxygen atoms in total. The number of carbonyl (C=O) groups is 1. The number of hydrogen-bond donors (Lipinski definition) is 1. The van der Waals surface area contributed by atoms with Crippen LogP contribution in [0.2, 0.25) is 0 Å². The van der Waals surface area contributed by atoms with E-state index in [0.717, 1.165) is 22.3 Å². The van der Waals surface area contributed by atoms with Gasteiger partial charge in [-0.25, -0.2) is 0 Å². The van der Waals surface area contributed by atoms with E-state index in [4.69, 9.17) is 5.73 Å². The number of fused-ring (bicyclic) bond motifs is 1. The highest BCUT2D eigenvalue weighted by Crippen LogP contribution is 2.36. The van der Waals surface area contributed by atoms with E-state index >= 15 is 0 Å². The number of amides is 1. The fourth-order valence-electron chi connectivity index (χ4n) is 3.23. The molecule has 2 N–H and O–H groups in total. The zero-order valence-electron chi connectivity index (χ0n) is 11.0. The summed E-state index contributed by atoms with van der Waals surface area (Å²) in [6.45, 7) is 0.868. The second-order valence-corrected chi connectivity index (χ2v) is 6.54. The van der Waals surface area contributed by atoms with Gasteiger partial charge in [-0.05, 0) is 52.4 Å². The fourth-order valence-corrected chi connectivity index (χ4v) is 3.62. The van der Waals surface area contributed by atoms with Gasteiger partial charge in [-0.15, -0.1) is 0 Å². The Bertz CT molecular complexity index is 509. The Morgan fingerprint density at radius 2 is 2.00 bits per heavy atom. The third-order valence-corrected chi connectivity index (χ3v) is 4.98. The van der Waals surface area contributed by atoms with E-state index in [2.05, 4.69) is 15.9 Å². The van der Waals surface area contributed by atoms with Crippen LogP contribution in [0.25, 0.3) is 0 Å². The van der Waals surface area contributed by atoms with Gasteiger partial charge in [0.25, 0.3) is 0 Å². The van der Waals surface area contributed by atoms with Gasteiger partial charge in [-0.2, -0.15) is 0 Å². The van der Waals surface area contributed by atoms with E-state index in [0.29, 0.717) is 18.0 Å². The summed E-state index contributed by atoms with van der Waals surface area (Å²) in [7, 11) is 0. The molecule has 0 unspecified atom stereocenters. The fraction of sp³-hybridized carbons (Fsp3) is 0.533. The number of anilines is 2. The van der Waals surface area contributed by atoms with Gasteiger partial charge in [-0.3, -0.25) is 4.79 Å². The highest BCUT2D eigenvalue weighted by Gasteiger charge is 2.30. The normalized spacial score (nSPS) is 19.8. The van der Waals surface area contributed by atoms with Gasteiger partial charge in [0, 0.05) is 22.4 Å². The predicted molar refractivity (Wildman–Crippen MR) is 81.2 cm³/mol. The molecule has 0 atom stereocenters. The monoisotopic (exact) mass is 322 g/mol. The van der Waals surface area contributed by atoms with Gasteiger partial charge in [-0.1, -0.05) is 19.3 Å². The zero-order chi connectivity index (χ0) is 13.4. The minimum atomic E-state index is 0.220. The quantitative estimate of drug-likeness (QED) is 0.847. The average molecular weight is 323 g/mol. The molecule has 1 aliphatic heterocycles. The molecule has 0 saturated heterocycles. The first-order chi connectivity index (χ1) is 9.15. The molecule has 1 heterocycles. The molecule has 0 aromatic heterocycles. The van der Waals surface area contributed by atoms with Crippen molar-refractivity contribution in [3.63, 3.8) is 0 Å². The van der Waals surface area contributed by atoms with Crippen LogP contribution in [0.1, 0.15) is 37.7 Å². The molecular weight excluding hydrogens is 304 g/mol. The lowest BCUT2D eigenvalue weighted by atomic mass is 9.89. The standard InChI is InChI=1S/C15H19BrN2O/c16-12-6-11-7-15(19)18(14(11)8-13(12)17)9-10-4-2-1-3-5-10/h6,8,10H,1-5,7,9,17H2. The number of nitrogens with zero attached hydrogens (tertiary/aromatic N) is 1. The van der Waals surface area contributed by atoms with Crippen LogP contribution in [0.15, 0.2) is 16.6 Å². The van der Waals surface area contributed by atoms with E-state index in [1.54, 1.807) is 0 Å². The summed E-state index contributed by atoms with van der Waals surface area (Å²) in [4.78, 5) is 14.1. The van der Waals surface area contributed by atoms with E-state index in [-0.39, 0.29) is 5.91 Å². The Kier molecular flexibility index (Phi) is 3.52. The number of benzene rings is 1. The van der Waals surface area contributed by atoms with Crippen LogP contribution in [0.5, 0.6) is 0 Å². The van der Waals surface area contributed by atoms with Crippen LogP contribution in [-0.4, -0.2) is 12.5 Å². The summed E-state index contributed by atoms with van der Waals surface area (Å²) >= 11 is 3.43. The molecule has 3 rings (SSSR count). The Morgan fingerprint density at radius 3 is 2.74 bits per heavy atom. The van der Waals surface area contributed by atoms with Gasteiger partial charge in [0.05, 0.1) is 6.42 Å². The molecular formula is C15H19BrN2O. The van der Waals surface area contributed by atoms with Gasteiger partial charge in [0.15, 0.2) is 0 Å². The first-order valence-corrected chi connectivity index (χ1v) is 7.82. The van der Waals surface area contributed by atoms with Crippen LogP contribution in [0, 0.1) is 5.92 Å². The van der Waals surface area contributed by atoms with Crippen LogP contribution >= 0.6 is 15.9 Å². The summed E-state index contributed by atoms with van der Waals surface area (Å²) in [5.41, 5.74) is 8.78. The first kappa shape index (κ1) is 13.0. The molecule has 0 spiro atoms. The Balaban J connectivity index is 1.83. The van der Waals surface area contributed by atoms with Gasteiger partial charge in [0.1, 0.15) is 0 Å². The van der Waals surface area contributed by atoms with Crippen LogP contribution in [0.4, 0.5) is 11.4 Å². The average Bonchev–Trinajstić information content (AvgIpc) is 2.68. The highest BCUT2D eigenvalue weighted by molar-refractivity contribution is 9.10. The number of nitrogens with two attached hydrogens (primary N) is 1. The van der Waals surface area contributed by atoms with Crippen molar-refractivity contribution in [2.75, 3.05) is 17.2 Å². The Morgan fingerprint density at radius 1 is 1.26 bits per heavy atom. The molecule has 1 saturated carbocycles. The van der Waals surface area contributed by atoms with Gasteiger partial charge < -0.3 is 10.6 Å². The molecule has 1 fully saturated rings. The molecule has 1 aromatic carbocycles. The van der Waals surface area contributed by atoms with Crippen molar-refractivity contribution < 1.29 is 4.79 Å². The largest absolute Gasteiger partial charge is 0.398 e. The topological polar surface area (TPSA) is 46.3 Å². The lowest BCUT2D eigenvalue weighted by Gasteiger charge is -2.27. The number of carbonyl (C=O) groups excluding carboxylic acids is 1. The molecule has 0 bridgehead atoms. The van der Waals surface area contributed by atoms with Crippen molar-refractivity contribution in [2.45, 2.75) is 38.5 Å². The van der Waals surface area contributed by atoms with Crippen LogP contribution in [-0.2, 0) is 11.2 Å². The molecule has 1 aromatic rings. The Hall–Kier alpha value is -1.03. The summed E-state index contributed by atoms with van der Waals surface area (Å²) in [5.74, 6) is 0.881. The lowest BCUT2D eigenvalue weighted by Crippen LogP contribution is -2.33. The zero-order valence-corrected chi connectivity index (χ0v) is 12.6. The van der Waals surface area contributed by atoms with Gasteiger partial charge >= 0.3 is 0 Å². The summed E-state index contributed by atoms with van der Waals surface area (Å²) in [6, 6.07) is 3.93. The number of hydrogen-bond acceptors (Lipinski definition) is 2. The molecule has 1 aliphatic carbocycles. The van der Waals surface area contributed by atoms with Crippen LogP contribution in [0.3, 0.4) is 0 Å². The maximum Gasteiger partial charge on any atom is 0.231 e. The molecule has 1 amide bonds. The first-order valence-electron chi connectivity index (χ1n) is 7.03. The van der Waals surface area contributed by atoms with Crippen molar-refractivity contribution >= 4 is 33.2 Å². The number of rotatable bonds is 2. The second kappa shape index (κ2) is 5.16. The lowest BCUT2D eigenvalue weighted by molar-refractivity contribution is -0.117. The SMILES string of the molecule is Nc1cc2c(cc1Br)CC(=O)N2CC1CCCCC1. The minimum Gasteiger partial charge on any atom is -0.398 e. The number of nitrogen functional groups attached to an aromatic ring is 1. The van der Waals surface area contributed by atoms with E-state index in [1.807, 2.05) is 17.0 Å². The van der Waals surface area contributed by atoms with Crippen molar-refractivity contribution in [3.05, 3.63) is 22.2 Å². The van der Waals surface area contributed by atoms with Crippen molar-refractivity contribution in [1.29, 1.82) is 0 Å². The van der Waals surface area contributed by atoms with Crippen molar-refractivity contribution in [2.24, 2.45) is 5.92 Å². The second-order valence-electron chi connectivity index (χ2n) is 5.69. The minimum absolute atomic E-state index is 0.220. The molecule has 0 radical (unpaired) electrons. The maximum absolute atomic E-state index is 12.2. The molecule has 19 heavy (non-hydrogen) atoms. The maximum atomic E-state index is 12.2. The predicted octanol–water partition coefficient (Wildman–Crippen LogP) is 3.50. The Labute approximate surface area is 122 Å². The van der Waals surface area contributed by atoms with Gasteiger partial charge in [0.2, 0.25) is 5.91 Å². The third-order valence-electron chi connectivity index (χ3n) is 4.30. The van der Waals surface area contributed by atoms with E-state index in [1.165, 1.54) is 32.1 Å². The van der Waals surface area contributed by atoms with Crippen LogP contribution < -0.4 is 10.6 Å². The molecule has 2 aliphatic rings. The highest BCUT2D eigenvalue weighted by atomic mass is 79.9. The third kappa shape index (κ3) is 2.50. The molecule has 4 heteroatoms. The smallest absolute Gasteiger partial charge is 0.231 e. The van der Waals surface area contributed by atoms with E-state index in [9.17, 15) is 4.79 Å². The summed E-state index contributed by atoms with van der Waals surface area (Å²) in [6.07, 6.45) is 6.99. The molecule has 102 valence electrons.